The zero-order chi connectivity index (χ0) is 18.1. The molecule has 1 aliphatic rings. The standard InChI is InChI=1S/C15H16F4N2O3/c1-14(12(22)23)6-7-21(8-14)13(24)20-11(15(17,18)19)9-2-4-10(16)5-3-9/h2-5,11H,6-8H2,1H3,(H,20,24)(H,22,23)/t11-,14?/m0/s1. The van der Waals surface area contributed by atoms with Gasteiger partial charge in [-0.15, -0.1) is 0 Å². The first-order valence-electron chi connectivity index (χ1n) is 7.14. The van der Waals surface area contributed by atoms with E-state index in [4.69, 9.17) is 5.11 Å². The lowest BCUT2D eigenvalue weighted by Gasteiger charge is -2.26. The SMILES string of the molecule is CC1(C(=O)O)CCN(C(=O)N[C@@H](c2ccc(F)cc2)C(F)(F)F)C1. The molecule has 0 bridgehead atoms. The Morgan fingerprint density at radius 1 is 1.29 bits per heavy atom. The molecule has 5 nitrogen and oxygen atoms in total. The number of urea groups is 1. The zero-order valence-electron chi connectivity index (χ0n) is 12.7. The fraction of sp³-hybridized carbons (Fsp3) is 0.467. The van der Waals surface area contributed by atoms with E-state index in [1.165, 1.54) is 6.92 Å². The number of nitrogens with one attached hydrogen (secondary N) is 1. The Labute approximate surface area is 135 Å². The van der Waals surface area contributed by atoms with E-state index in [0.29, 0.717) is 0 Å². The molecule has 2 rings (SSSR count). The smallest absolute Gasteiger partial charge is 0.412 e. The summed E-state index contributed by atoms with van der Waals surface area (Å²) < 4.78 is 52.5. The summed E-state index contributed by atoms with van der Waals surface area (Å²) in [6, 6.07) is 0.321. The number of nitrogens with zero attached hydrogens (tertiary/aromatic N) is 1. The van der Waals surface area contributed by atoms with Gasteiger partial charge in [-0.05, 0) is 31.0 Å². The molecule has 1 aromatic carbocycles. The van der Waals surface area contributed by atoms with Crippen molar-refractivity contribution >= 4 is 12.0 Å². The predicted molar refractivity (Wildman–Crippen MR) is 75.7 cm³/mol. The average Bonchev–Trinajstić information content (AvgIpc) is 2.89. The Balaban J connectivity index is 2.14. The Hall–Kier alpha value is -2.32. The van der Waals surface area contributed by atoms with Gasteiger partial charge in [-0.2, -0.15) is 13.2 Å². The van der Waals surface area contributed by atoms with Gasteiger partial charge < -0.3 is 15.3 Å². The van der Waals surface area contributed by atoms with Gasteiger partial charge in [0.05, 0.1) is 5.41 Å². The molecule has 2 amide bonds. The van der Waals surface area contributed by atoms with Gasteiger partial charge >= 0.3 is 18.2 Å². The third-order valence-electron chi connectivity index (χ3n) is 4.08. The summed E-state index contributed by atoms with van der Waals surface area (Å²) in [7, 11) is 0. The molecule has 0 radical (unpaired) electrons. The minimum Gasteiger partial charge on any atom is -0.481 e. The molecule has 1 heterocycles. The summed E-state index contributed by atoms with van der Waals surface area (Å²) in [5.74, 6) is -1.80. The van der Waals surface area contributed by atoms with Crippen molar-refractivity contribution in [3.05, 3.63) is 35.6 Å². The highest BCUT2D eigenvalue weighted by molar-refractivity contribution is 5.79. The maximum Gasteiger partial charge on any atom is 0.412 e. The van der Waals surface area contributed by atoms with Crippen LogP contribution in [0.3, 0.4) is 0 Å². The summed E-state index contributed by atoms with van der Waals surface area (Å²) in [6.07, 6.45) is -4.62. The number of carbonyl (C=O) groups is 2. The number of carboxylic acid groups (broad SMARTS) is 1. The fourth-order valence-electron chi connectivity index (χ4n) is 2.53. The molecule has 132 valence electrons. The van der Waals surface area contributed by atoms with Crippen LogP contribution in [0.15, 0.2) is 24.3 Å². The Kier molecular flexibility index (Phi) is 4.73. The number of amides is 2. The lowest BCUT2D eigenvalue weighted by atomic mass is 9.90. The van der Waals surface area contributed by atoms with Gasteiger partial charge in [0, 0.05) is 13.1 Å². The second kappa shape index (κ2) is 6.29. The maximum absolute atomic E-state index is 13.2. The molecule has 1 unspecified atom stereocenters. The number of likely N-dealkylation sites (tertiary alicyclic amines) is 1. The van der Waals surface area contributed by atoms with Crippen LogP contribution in [0.1, 0.15) is 24.9 Å². The first-order valence-corrected chi connectivity index (χ1v) is 7.14. The van der Waals surface area contributed by atoms with E-state index in [0.717, 1.165) is 29.2 Å². The summed E-state index contributed by atoms with van der Waals surface area (Å²) in [4.78, 5) is 24.3. The highest BCUT2D eigenvalue weighted by Gasteiger charge is 2.46. The highest BCUT2D eigenvalue weighted by atomic mass is 19.4. The van der Waals surface area contributed by atoms with Crippen molar-refractivity contribution in [3.8, 4) is 0 Å². The molecule has 24 heavy (non-hydrogen) atoms. The van der Waals surface area contributed by atoms with Crippen molar-refractivity contribution in [3.63, 3.8) is 0 Å². The fourth-order valence-corrected chi connectivity index (χ4v) is 2.53. The molecule has 1 saturated heterocycles. The molecule has 0 spiro atoms. The molecule has 0 aromatic heterocycles. The van der Waals surface area contributed by atoms with Crippen LogP contribution in [-0.2, 0) is 4.79 Å². The lowest BCUT2D eigenvalue weighted by Crippen LogP contribution is -2.46. The minimum absolute atomic E-state index is 0.0443. The molecule has 0 aliphatic carbocycles. The highest BCUT2D eigenvalue weighted by Crippen LogP contribution is 2.34. The Morgan fingerprint density at radius 2 is 1.88 bits per heavy atom. The van der Waals surface area contributed by atoms with Gasteiger partial charge in [-0.3, -0.25) is 4.79 Å². The normalized spacial score (nSPS) is 22.3. The van der Waals surface area contributed by atoms with Gasteiger partial charge in [0.2, 0.25) is 0 Å². The van der Waals surface area contributed by atoms with Gasteiger partial charge in [0.1, 0.15) is 5.82 Å². The molecule has 1 fully saturated rings. The van der Waals surface area contributed by atoms with Crippen LogP contribution >= 0.6 is 0 Å². The van der Waals surface area contributed by atoms with Crippen LogP contribution < -0.4 is 5.32 Å². The van der Waals surface area contributed by atoms with Crippen LogP contribution in [0.2, 0.25) is 0 Å². The van der Waals surface area contributed by atoms with E-state index in [-0.39, 0.29) is 25.1 Å². The van der Waals surface area contributed by atoms with Crippen LogP contribution in [0, 0.1) is 11.2 Å². The van der Waals surface area contributed by atoms with Crippen molar-refractivity contribution in [2.24, 2.45) is 5.41 Å². The number of hydrogen-bond acceptors (Lipinski definition) is 2. The number of alkyl halides is 3. The molecule has 1 aromatic rings. The number of carbonyl (C=O) groups excluding carboxylic acids is 1. The number of rotatable bonds is 3. The molecular formula is C15H16F4N2O3. The minimum atomic E-state index is -4.77. The summed E-state index contributed by atoms with van der Waals surface area (Å²) in [5.41, 5.74) is -1.49. The largest absolute Gasteiger partial charge is 0.481 e. The van der Waals surface area contributed by atoms with Gasteiger partial charge in [0.25, 0.3) is 0 Å². The number of carboxylic acids is 1. The quantitative estimate of drug-likeness (QED) is 0.825. The Morgan fingerprint density at radius 3 is 2.33 bits per heavy atom. The molecule has 0 saturated carbocycles. The second-order valence-electron chi connectivity index (χ2n) is 6.01. The first-order chi connectivity index (χ1) is 11.0. The van der Waals surface area contributed by atoms with Gasteiger partial charge in [-0.1, -0.05) is 12.1 Å². The van der Waals surface area contributed by atoms with Crippen LogP contribution in [0.4, 0.5) is 22.4 Å². The first kappa shape index (κ1) is 18.0. The van der Waals surface area contributed by atoms with E-state index < -0.39 is 35.5 Å². The van der Waals surface area contributed by atoms with Crippen molar-refractivity contribution < 1.29 is 32.3 Å². The number of hydrogen-bond donors (Lipinski definition) is 2. The number of aliphatic carboxylic acids is 1. The molecular weight excluding hydrogens is 332 g/mol. The third-order valence-corrected chi connectivity index (χ3v) is 4.08. The predicted octanol–water partition coefficient (Wildman–Crippen LogP) is 2.94. The molecule has 9 heteroatoms. The zero-order valence-corrected chi connectivity index (χ0v) is 12.7. The third kappa shape index (κ3) is 3.77. The van der Waals surface area contributed by atoms with E-state index in [1.807, 2.05) is 5.32 Å². The van der Waals surface area contributed by atoms with Crippen molar-refractivity contribution in [1.82, 2.24) is 10.2 Å². The van der Waals surface area contributed by atoms with E-state index >= 15 is 0 Å². The van der Waals surface area contributed by atoms with Gasteiger partial charge in [-0.25, -0.2) is 9.18 Å². The molecule has 2 N–H and O–H groups in total. The van der Waals surface area contributed by atoms with E-state index in [2.05, 4.69) is 0 Å². The molecule has 1 aliphatic heterocycles. The second-order valence-corrected chi connectivity index (χ2v) is 6.01. The van der Waals surface area contributed by atoms with Crippen molar-refractivity contribution in [1.29, 1.82) is 0 Å². The van der Waals surface area contributed by atoms with E-state index in [9.17, 15) is 27.2 Å². The van der Waals surface area contributed by atoms with Gasteiger partial charge in [0.15, 0.2) is 6.04 Å². The monoisotopic (exact) mass is 348 g/mol. The van der Waals surface area contributed by atoms with E-state index in [1.54, 1.807) is 0 Å². The number of halogens is 4. The summed E-state index contributed by atoms with van der Waals surface area (Å²) in [6.45, 7) is 1.30. The van der Waals surface area contributed by atoms with Crippen LogP contribution in [0.5, 0.6) is 0 Å². The maximum atomic E-state index is 13.2. The summed E-state index contributed by atoms with van der Waals surface area (Å²) >= 11 is 0. The average molecular weight is 348 g/mol. The van der Waals surface area contributed by atoms with Crippen molar-refractivity contribution in [2.75, 3.05) is 13.1 Å². The summed E-state index contributed by atoms with van der Waals surface area (Å²) in [5, 5.41) is 11.0. The van der Waals surface area contributed by atoms with Crippen LogP contribution in [-0.4, -0.2) is 41.3 Å². The van der Waals surface area contributed by atoms with Crippen LogP contribution in [0.25, 0.3) is 0 Å². The van der Waals surface area contributed by atoms with Crippen molar-refractivity contribution in [2.45, 2.75) is 25.6 Å². The Bertz CT molecular complexity index is 633. The number of benzene rings is 1. The molecule has 2 atom stereocenters. The lowest BCUT2D eigenvalue weighted by molar-refractivity contribution is -0.155. The topological polar surface area (TPSA) is 69.6 Å².